The molecule has 1 aromatic heterocycles. The Balaban J connectivity index is 2.21. The number of thiophene rings is 1. The number of carboxylic acid groups (broad SMARTS) is 1. The molecule has 0 radical (unpaired) electrons. The zero-order valence-corrected chi connectivity index (χ0v) is 9.99. The largest absolute Gasteiger partial charge is 0.477 e. The number of hydrogen-bond donors (Lipinski definition) is 1. The van der Waals surface area contributed by atoms with Gasteiger partial charge in [-0.3, -0.25) is 14.5 Å². The number of carboxylic acids is 1. The third-order valence-corrected chi connectivity index (χ3v) is 3.68. The molecular weight excluding hydrogens is 242 g/mol. The average molecular weight is 253 g/mol. The first-order valence-electron chi connectivity index (χ1n) is 5.14. The molecular formula is C11H11NO4S. The van der Waals surface area contributed by atoms with Gasteiger partial charge in [-0.1, -0.05) is 6.92 Å². The van der Waals surface area contributed by atoms with Gasteiger partial charge in [0, 0.05) is 12.3 Å². The molecule has 0 aliphatic carbocycles. The molecule has 1 aliphatic rings. The minimum atomic E-state index is -1.03. The maximum atomic E-state index is 11.7. The monoisotopic (exact) mass is 253 g/mol. The van der Waals surface area contributed by atoms with E-state index in [1.54, 1.807) is 18.4 Å². The third kappa shape index (κ3) is 2.08. The zero-order valence-electron chi connectivity index (χ0n) is 9.17. The fourth-order valence-corrected chi connectivity index (χ4v) is 2.59. The van der Waals surface area contributed by atoms with E-state index in [0.29, 0.717) is 5.56 Å². The van der Waals surface area contributed by atoms with Crippen LogP contribution in [0.1, 0.15) is 28.6 Å². The molecule has 17 heavy (non-hydrogen) atoms. The molecule has 0 spiro atoms. The summed E-state index contributed by atoms with van der Waals surface area (Å²) in [7, 11) is 0. The molecule has 1 aliphatic heterocycles. The Morgan fingerprint density at radius 2 is 2.29 bits per heavy atom. The van der Waals surface area contributed by atoms with Gasteiger partial charge in [0.1, 0.15) is 4.88 Å². The van der Waals surface area contributed by atoms with E-state index < -0.39 is 5.97 Å². The summed E-state index contributed by atoms with van der Waals surface area (Å²) in [5, 5.41) is 10.6. The SMILES string of the molecule is CC1CC(=O)N(Cc2ccsc2C(=O)O)C1=O. The van der Waals surface area contributed by atoms with Crippen LogP contribution in [0, 0.1) is 5.92 Å². The van der Waals surface area contributed by atoms with Gasteiger partial charge in [-0.25, -0.2) is 4.79 Å². The van der Waals surface area contributed by atoms with Gasteiger partial charge < -0.3 is 5.11 Å². The Bertz CT molecular complexity index is 493. The summed E-state index contributed by atoms with van der Waals surface area (Å²) in [6, 6.07) is 1.64. The normalized spacial score (nSPS) is 20.1. The molecule has 1 atom stereocenters. The molecule has 0 saturated carbocycles. The predicted molar refractivity (Wildman–Crippen MR) is 60.6 cm³/mol. The summed E-state index contributed by atoms with van der Waals surface area (Å²) in [5.74, 6) is -1.78. The van der Waals surface area contributed by atoms with Crippen molar-refractivity contribution in [1.29, 1.82) is 0 Å². The second-order valence-corrected chi connectivity index (χ2v) is 4.92. The number of carbonyl (C=O) groups excluding carboxylic acids is 2. The lowest BCUT2D eigenvalue weighted by molar-refractivity contribution is -0.139. The first-order chi connectivity index (χ1) is 8.00. The van der Waals surface area contributed by atoms with E-state index in [0.717, 1.165) is 16.2 Å². The number of amides is 2. The maximum absolute atomic E-state index is 11.7. The minimum Gasteiger partial charge on any atom is -0.477 e. The van der Waals surface area contributed by atoms with Crippen LogP contribution < -0.4 is 0 Å². The molecule has 2 heterocycles. The molecule has 1 aromatic rings. The topological polar surface area (TPSA) is 74.7 Å². The lowest BCUT2D eigenvalue weighted by Gasteiger charge is -2.13. The number of imide groups is 1. The van der Waals surface area contributed by atoms with E-state index >= 15 is 0 Å². The molecule has 1 saturated heterocycles. The van der Waals surface area contributed by atoms with Crippen molar-refractivity contribution in [1.82, 2.24) is 4.90 Å². The second-order valence-electron chi connectivity index (χ2n) is 4.00. The number of nitrogens with zero attached hydrogens (tertiary/aromatic N) is 1. The highest BCUT2D eigenvalue weighted by molar-refractivity contribution is 7.12. The summed E-state index contributed by atoms with van der Waals surface area (Å²) < 4.78 is 0. The van der Waals surface area contributed by atoms with Gasteiger partial charge in [0.2, 0.25) is 11.8 Å². The first-order valence-corrected chi connectivity index (χ1v) is 6.02. The molecule has 0 aromatic carbocycles. The van der Waals surface area contributed by atoms with Gasteiger partial charge >= 0.3 is 5.97 Å². The Labute approximate surface area is 102 Å². The second kappa shape index (κ2) is 4.29. The van der Waals surface area contributed by atoms with Crippen molar-refractivity contribution < 1.29 is 19.5 Å². The van der Waals surface area contributed by atoms with Crippen LogP contribution in [0.2, 0.25) is 0 Å². The van der Waals surface area contributed by atoms with Crippen LogP contribution in [0.3, 0.4) is 0 Å². The van der Waals surface area contributed by atoms with Gasteiger partial charge in [-0.2, -0.15) is 0 Å². The minimum absolute atomic E-state index is 0.0626. The Hall–Kier alpha value is -1.69. The quantitative estimate of drug-likeness (QED) is 0.825. The molecule has 90 valence electrons. The fraction of sp³-hybridized carbons (Fsp3) is 0.364. The van der Waals surface area contributed by atoms with Crippen molar-refractivity contribution >= 4 is 29.1 Å². The van der Waals surface area contributed by atoms with E-state index in [1.807, 2.05) is 0 Å². The van der Waals surface area contributed by atoms with Crippen molar-refractivity contribution in [2.24, 2.45) is 5.92 Å². The number of aromatic carboxylic acids is 1. The summed E-state index contributed by atoms with van der Waals surface area (Å²) in [6.07, 6.45) is 0.214. The van der Waals surface area contributed by atoms with Crippen molar-refractivity contribution in [3.05, 3.63) is 21.9 Å². The van der Waals surface area contributed by atoms with Crippen LogP contribution in [0.4, 0.5) is 0 Å². The van der Waals surface area contributed by atoms with Crippen molar-refractivity contribution in [2.45, 2.75) is 19.9 Å². The van der Waals surface area contributed by atoms with Crippen molar-refractivity contribution in [3.8, 4) is 0 Å². The summed E-state index contributed by atoms with van der Waals surface area (Å²) in [5.41, 5.74) is 0.512. The van der Waals surface area contributed by atoms with Gasteiger partial charge in [0.25, 0.3) is 0 Å². The number of rotatable bonds is 3. The van der Waals surface area contributed by atoms with E-state index in [4.69, 9.17) is 5.11 Å². The molecule has 2 amide bonds. The Kier molecular flexibility index (Phi) is 2.97. The highest BCUT2D eigenvalue weighted by Crippen LogP contribution is 2.24. The van der Waals surface area contributed by atoms with Crippen LogP contribution >= 0.6 is 11.3 Å². The lowest BCUT2D eigenvalue weighted by atomic mass is 10.1. The molecule has 1 N–H and O–H groups in total. The zero-order chi connectivity index (χ0) is 12.6. The summed E-state index contributed by atoms with van der Waals surface area (Å²) in [6.45, 7) is 1.76. The van der Waals surface area contributed by atoms with Crippen molar-refractivity contribution in [2.75, 3.05) is 0 Å². The fourth-order valence-electron chi connectivity index (χ4n) is 1.83. The first kappa shape index (κ1) is 11.8. The molecule has 1 fully saturated rings. The van der Waals surface area contributed by atoms with Crippen molar-refractivity contribution in [3.63, 3.8) is 0 Å². The maximum Gasteiger partial charge on any atom is 0.346 e. The predicted octanol–water partition coefficient (Wildman–Crippen LogP) is 1.34. The number of hydrogen-bond acceptors (Lipinski definition) is 4. The van der Waals surface area contributed by atoms with E-state index in [9.17, 15) is 14.4 Å². The van der Waals surface area contributed by atoms with Crippen LogP contribution in [-0.4, -0.2) is 27.8 Å². The van der Waals surface area contributed by atoms with Gasteiger partial charge in [-0.05, 0) is 17.0 Å². The van der Waals surface area contributed by atoms with Crippen LogP contribution in [0.25, 0.3) is 0 Å². The molecule has 0 bridgehead atoms. The number of carbonyl (C=O) groups is 3. The highest BCUT2D eigenvalue weighted by atomic mass is 32.1. The smallest absolute Gasteiger partial charge is 0.346 e. The molecule has 1 unspecified atom stereocenters. The van der Waals surface area contributed by atoms with E-state index in [2.05, 4.69) is 0 Å². The summed E-state index contributed by atoms with van der Waals surface area (Å²) >= 11 is 1.10. The average Bonchev–Trinajstić information content (AvgIpc) is 2.80. The van der Waals surface area contributed by atoms with Crippen LogP contribution in [0.15, 0.2) is 11.4 Å². The van der Waals surface area contributed by atoms with Crippen LogP contribution in [0.5, 0.6) is 0 Å². The summed E-state index contributed by atoms with van der Waals surface area (Å²) in [4.78, 5) is 35.5. The van der Waals surface area contributed by atoms with Gasteiger partial charge in [0.15, 0.2) is 0 Å². The Morgan fingerprint density at radius 3 is 2.82 bits per heavy atom. The van der Waals surface area contributed by atoms with E-state index in [1.165, 1.54) is 0 Å². The Morgan fingerprint density at radius 1 is 1.59 bits per heavy atom. The van der Waals surface area contributed by atoms with Gasteiger partial charge in [0.05, 0.1) is 6.54 Å². The molecule has 5 nitrogen and oxygen atoms in total. The highest BCUT2D eigenvalue weighted by Gasteiger charge is 2.36. The van der Waals surface area contributed by atoms with Gasteiger partial charge in [-0.15, -0.1) is 11.3 Å². The lowest BCUT2D eigenvalue weighted by Crippen LogP contribution is -2.30. The molecule has 6 heteroatoms. The standard InChI is InChI=1S/C11H11NO4S/c1-6-4-8(13)12(10(6)14)5-7-2-3-17-9(7)11(15)16/h2-3,6H,4-5H2,1H3,(H,15,16). The molecule has 2 rings (SSSR count). The van der Waals surface area contributed by atoms with E-state index in [-0.39, 0.29) is 35.6 Å². The number of likely N-dealkylation sites (tertiary alicyclic amines) is 1. The third-order valence-electron chi connectivity index (χ3n) is 2.74. The van der Waals surface area contributed by atoms with Crippen LogP contribution in [-0.2, 0) is 16.1 Å².